The van der Waals surface area contributed by atoms with Crippen molar-refractivity contribution in [2.45, 2.75) is 42.7 Å². The van der Waals surface area contributed by atoms with Crippen LogP contribution in [0, 0.1) is 11.3 Å². The van der Waals surface area contributed by atoms with Crippen LogP contribution in [0.25, 0.3) is 11.3 Å². The van der Waals surface area contributed by atoms with Gasteiger partial charge in [0.1, 0.15) is 11.6 Å². The third-order valence-corrected chi connectivity index (χ3v) is 5.28. The van der Waals surface area contributed by atoms with E-state index >= 15 is 0 Å². The highest BCUT2D eigenvalue weighted by molar-refractivity contribution is 7.99. The van der Waals surface area contributed by atoms with Gasteiger partial charge >= 0.3 is 0 Å². The highest BCUT2D eigenvalue weighted by Crippen LogP contribution is 2.25. The number of nitrogens with one attached hydrogen (secondary N) is 1. The fraction of sp³-hybridized carbons (Fsp3) is 0.389. The van der Waals surface area contributed by atoms with Crippen LogP contribution in [0.4, 0.5) is 0 Å². The van der Waals surface area contributed by atoms with Crippen LogP contribution in [0.1, 0.15) is 38.2 Å². The second-order valence-electron chi connectivity index (χ2n) is 5.34. The van der Waals surface area contributed by atoms with Crippen LogP contribution in [0.2, 0.25) is 0 Å². The minimum Gasteiger partial charge on any atom is -0.300 e. The molecule has 0 aliphatic carbocycles. The summed E-state index contributed by atoms with van der Waals surface area (Å²) >= 11 is 3.19. The Labute approximate surface area is 151 Å². The molecule has 1 heterocycles. The largest absolute Gasteiger partial charge is 0.300 e. The molecule has 0 radical (unpaired) electrons. The first-order chi connectivity index (χ1) is 11.7. The lowest BCUT2D eigenvalue weighted by Crippen LogP contribution is -2.14. The molecule has 0 bridgehead atoms. The average molecular weight is 360 g/mol. The van der Waals surface area contributed by atoms with E-state index in [2.05, 4.69) is 16.9 Å². The fourth-order valence-electron chi connectivity index (χ4n) is 2.29. The lowest BCUT2D eigenvalue weighted by atomic mass is 10.1. The van der Waals surface area contributed by atoms with Crippen LogP contribution >= 0.6 is 23.5 Å². The number of rotatable bonds is 8. The molecule has 2 aromatic rings. The molecule has 1 N–H and O–H groups in total. The Kier molecular flexibility index (Phi) is 7.41. The molecular formula is C18H21N3OS2. The molecule has 0 saturated heterocycles. The topological polar surface area (TPSA) is 69.5 Å². The Hall–Kier alpha value is -1.71. The fourth-order valence-corrected chi connectivity index (χ4v) is 3.58. The summed E-state index contributed by atoms with van der Waals surface area (Å²) in [5.74, 6) is 1.11. The van der Waals surface area contributed by atoms with Gasteiger partial charge in [-0.3, -0.25) is 4.79 Å². The summed E-state index contributed by atoms with van der Waals surface area (Å²) in [4.78, 5) is 20.2. The van der Waals surface area contributed by atoms with Gasteiger partial charge in [-0.25, -0.2) is 4.98 Å². The minimum atomic E-state index is -0.388. The number of thioether (sulfide) groups is 2. The smallest absolute Gasteiger partial charge is 0.270 e. The van der Waals surface area contributed by atoms with Crippen LogP contribution in [0.15, 0.2) is 39.1 Å². The molecule has 0 fully saturated rings. The second-order valence-corrected chi connectivity index (χ2v) is 7.31. The van der Waals surface area contributed by atoms with Crippen LogP contribution in [0.5, 0.6) is 0 Å². The van der Waals surface area contributed by atoms with Crippen LogP contribution < -0.4 is 5.56 Å². The van der Waals surface area contributed by atoms with E-state index in [1.165, 1.54) is 42.3 Å². The van der Waals surface area contributed by atoms with Gasteiger partial charge in [-0.1, -0.05) is 50.1 Å². The van der Waals surface area contributed by atoms with Crippen LogP contribution in [0.3, 0.4) is 0 Å². The summed E-state index contributed by atoms with van der Waals surface area (Å²) in [5, 5.41) is 9.76. The number of nitrogens with zero attached hydrogens (tertiary/aromatic N) is 2. The summed E-state index contributed by atoms with van der Waals surface area (Å²) in [6.45, 7) is 2.21. The molecular weight excluding hydrogens is 338 g/mol. The van der Waals surface area contributed by atoms with Gasteiger partial charge in [0, 0.05) is 10.5 Å². The van der Waals surface area contributed by atoms with E-state index < -0.39 is 0 Å². The summed E-state index contributed by atoms with van der Waals surface area (Å²) in [5.41, 5.74) is 0.919. The van der Waals surface area contributed by atoms with E-state index in [-0.39, 0.29) is 11.1 Å². The maximum Gasteiger partial charge on any atom is 0.270 e. The summed E-state index contributed by atoms with van der Waals surface area (Å²) < 4.78 is 0. The third kappa shape index (κ3) is 4.89. The molecule has 0 saturated carbocycles. The van der Waals surface area contributed by atoms with E-state index in [0.717, 1.165) is 11.3 Å². The van der Waals surface area contributed by atoms with E-state index in [9.17, 15) is 10.1 Å². The van der Waals surface area contributed by atoms with E-state index in [1.54, 1.807) is 0 Å². The van der Waals surface area contributed by atoms with E-state index in [1.807, 2.05) is 48.4 Å². The Morgan fingerprint density at radius 2 is 1.96 bits per heavy atom. The zero-order chi connectivity index (χ0) is 17.4. The number of aromatic amines is 1. The van der Waals surface area contributed by atoms with Crippen LogP contribution in [-0.4, -0.2) is 22.0 Å². The molecule has 0 unspecified atom stereocenters. The van der Waals surface area contributed by atoms with Crippen molar-refractivity contribution in [1.29, 1.82) is 5.26 Å². The number of nitriles is 1. The zero-order valence-corrected chi connectivity index (χ0v) is 15.6. The van der Waals surface area contributed by atoms with Gasteiger partial charge < -0.3 is 4.98 Å². The molecule has 1 aromatic heterocycles. The molecule has 0 aliphatic heterocycles. The van der Waals surface area contributed by atoms with Crippen molar-refractivity contribution in [3.63, 3.8) is 0 Å². The predicted octanol–water partition coefficient (Wildman–Crippen LogP) is 4.70. The molecule has 24 heavy (non-hydrogen) atoms. The van der Waals surface area contributed by atoms with Crippen molar-refractivity contribution >= 4 is 23.5 Å². The Morgan fingerprint density at radius 3 is 2.58 bits per heavy atom. The molecule has 0 atom stereocenters. The van der Waals surface area contributed by atoms with Crippen molar-refractivity contribution in [2.75, 3.05) is 12.0 Å². The first-order valence-electron chi connectivity index (χ1n) is 8.01. The second kappa shape index (κ2) is 9.55. The molecule has 2 rings (SSSR count). The number of H-pyrrole nitrogens is 1. The van der Waals surface area contributed by atoms with Crippen molar-refractivity contribution in [2.24, 2.45) is 0 Å². The number of hydrogen-bond donors (Lipinski definition) is 1. The molecule has 126 valence electrons. The normalized spacial score (nSPS) is 10.5. The summed E-state index contributed by atoms with van der Waals surface area (Å²) in [6.07, 6.45) is 6.89. The summed E-state index contributed by atoms with van der Waals surface area (Å²) in [7, 11) is 0. The van der Waals surface area contributed by atoms with Crippen molar-refractivity contribution in [3.05, 3.63) is 40.2 Å². The molecule has 0 aliphatic rings. The van der Waals surface area contributed by atoms with Gasteiger partial charge in [-0.05, 0) is 30.6 Å². The first kappa shape index (κ1) is 18.6. The molecule has 6 heteroatoms. The quantitative estimate of drug-likeness (QED) is 0.420. The number of hydrogen-bond acceptors (Lipinski definition) is 5. The minimum absolute atomic E-state index is 0.0627. The van der Waals surface area contributed by atoms with Gasteiger partial charge in [0.15, 0.2) is 5.16 Å². The number of unbranched alkanes of at least 4 members (excludes halogenated alkanes) is 3. The maximum absolute atomic E-state index is 12.0. The monoisotopic (exact) mass is 359 g/mol. The van der Waals surface area contributed by atoms with E-state index in [0.29, 0.717) is 10.9 Å². The Balaban J connectivity index is 2.15. The maximum atomic E-state index is 12.0. The van der Waals surface area contributed by atoms with E-state index in [4.69, 9.17) is 0 Å². The van der Waals surface area contributed by atoms with Crippen molar-refractivity contribution in [1.82, 2.24) is 9.97 Å². The van der Waals surface area contributed by atoms with Gasteiger partial charge in [-0.2, -0.15) is 5.26 Å². The van der Waals surface area contributed by atoms with Crippen LogP contribution in [-0.2, 0) is 0 Å². The summed E-state index contributed by atoms with van der Waals surface area (Å²) in [6, 6.07) is 9.89. The third-order valence-electron chi connectivity index (χ3n) is 3.60. The van der Waals surface area contributed by atoms with Gasteiger partial charge in [0.2, 0.25) is 0 Å². The first-order valence-corrected chi connectivity index (χ1v) is 10.2. The van der Waals surface area contributed by atoms with Gasteiger partial charge in [-0.15, -0.1) is 11.8 Å². The number of aromatic nitrogens is 2. The molecule has 1 aromatic carbocycles. The standard InChI is InChI=1S/C18H21N3OS2/c1-3-4-5-6-11-24-14-9-7-13(8-10-14)16-15(12-19)17(22)21-18(20-16)23-2/h7-10H,3-6,11H2,1-2H3,(H,20,21,22). The lowest BCUT2D eigenvalue weighted by molar-refractivity contribution is 0.706. The highest BCUT2D eigenvalue weighted by Gasteiger charge is 2.13. The van der Waals surface area contributed by atoms with Crippen molar-refractivity contribution in [3.8, 4) is 17.3 Å². The van der Waals surface area contributed by atoms with Gasteiger partial charge in [0.25, 0.3) is 5.56 Å². The SMILES string of the molecule is CCCCCCSc1ccc(-c2nc(SC)[nH]c(=O)c2C#N)cc1. The Bertz CT molecular complexity index is 763. The molecule has 4 nitrogen and oxygen atoms in total. The predicted molar refractivity (Wildman–Crippen MR) is 102 cm³/mol. The average Bonchev–Trinajstić information content (AvgIpc) is 2.61. The highest BCUT2D eigenvalue weighted by atomic mass is 32.2. The van der Waals surface area contributed by atoms with Gasteiger partial charge in [0.05, 0.1) is 5.69 Å². The van der Waals surface area contributed by atoms with Crippen molar-refractivity contribution < 1.29 is 0 Å². The Morgan fingerprint density at radius 1 is 1.21 bits per heavy atom. The molecule has 0 amide bonds. The molecule has 0 spiro atoms. The number of benzene rings is 1. The lowest BCUT2D eigenvalue weighted by Gasteiger charge is -2.06. The zero-order valence-electron chi connectivity index (χ0n) is 14.0.